The van der Waals surface area contributed by atoms with Gasteiger partial charge in [0.05, 0.1) is 0 Å². The third-order valence-corrected chi connectivity index (χ3v) is 3.63. The van der Waals surface area contributed by atoms with Crippen molar-refractivity contribution in [3.05, 3.63) is 29.3 Å². The van der Waals surface area contributed by atoms with E-state index in [2.05, 4.69) is 17.6 Å². The number of carbonyl (C=O) groups is 1. The quantitative estimate of drug-likeness (QED) is 0.833. The molecule has 1 fully saturated rings. The van der Waals surface area contributed by atoms with Crippen molar-refractivity contribution in [2.75, 3.05) is 5.32 Å². The van der Waals surface area contributed by atoms with Crippen LogP contribution in [0, 0.1) is 5.92 Å². The van der Waals surface area contributed by atoms with Crippen LogP contribution in [0.25, 0.3) is 0 Å². The van der Waals surface area contributed by atoms with Crippen LogP contribution in [0.15, 0.2) is 24.3 Å². The van der Waals surface area contributed by atoms with Gasteiger partial charge in [-0.25, -0.2) is 4.79 Å². The minimum Gasteiger partial charge on any atom is -0.335 e. The molecule has 0 bridgehead atoms. The van der Waals surface area contributed by atoms with Crippen LogP contribution in [0.3, 0.4) is 0 Å². The molecule has 18 heavy (non-hydrogen) atoms. The van der Waals surface area contributed by atoms with Gasteiger partial charge in [-0.05, 0) is 43.0 Å². The fourth-order valence-electron chi connectivity index (χ4n) is 2.45. The Hall–Kier alpha value is -1.22. The van der Waals surface area contributed by atoms with E-state index in [-0.39, 0.29) is 6.03 Å². The highest BCUT2D eigenvalue weighted by Gasteiger charge is 2.20. The molecule has 0 spiro atoms. The molecular weight excluding hydrogens is 248 g/mol. The molecule has 0 radical (unpaired) electrons. The summed E-state index contributed by atoms with van der Waals surface area (Å²) < 4.78 is 0. The molecule has 1 aromatic rings. The van der Waals surface area contributed by atoms with Crippen LogP contribution in [-0.4, -0.2) is 12.1 Å². The van der Waals surface area contributed by atoms with Crippen LogP contribution in [-0.2, 0) is 0 Å². The van der Waals surface area contributed by atoms with Crippen LogP contribution in [0.2, 0.25) is 5.02 Å². The summed E-state index contributed by atoms with van der Waals surface area (Å²) in [5.74, 6) is 0.708. The number of urea groups is 1. The van der Waals surface area contributed by atoms with E-state index in [1.807, 2.05) is 0 Å². The fraction of sp³-hybridized carbons (Fsp3) is 0.500. The lowest BCUT2D eigenvalue weighted by atomic mass is 9.87. The maximum atomic E-state index is 11.8. The molecule has 2 amide bonds. The van der Waals surface area contributed by atoms with Crippen molar-refractivity contribution in [3.8, 4) is 0 Å². The van der Waals surface area contributed by atoms with E-state index in [4.69, 9.17) is 11.6 Å². The van der Waals surface area contributed by atoms with Crippen LogP contribution in [0.1, 0.15) is 32.6 Å². The number of hydrogen-bond donors (Lipinski definition) is 2. The highest BCUT2D eigenvalue weighted by Crippen LogP contribution is 2.23. The molecule has 1 aromatic carbocycles. The zero-order valence-corrected chi connectivity index (χ0v) is 11.3. The topological polar surface area (TPSA) is 41.1 Å². The summed E-state index contributed by atoms with van der Waals surface area (Å²) in [7, 11) is 0. The van der Waals surface area contributed by atoms with Crippen molar-refractivity contribution in [2.45, 2.75) is 38.6 Å². The van der Waals surface area contributed by atoms with Crippen LogP contribution < -0.4 is 10.6 Å². The first kappa shape index (κ1) is 13.2. The molecule has 1 saturated carbocycles. The average molecular weight is 267 g/mol. The van der Waals surface area contributed by atoms with Crippen molar-refractivity contribution in [3.63, 3.8) is 0 Å². The second-order valence-electron chi connectivity index (χ2n) is 5.07. The van der Waals surface area contributed by atoms with Crippen LogP contribution in [0.4, 0.5) is 10.5 Å². The summed E-state index contributed by atoms with van der Waals surface area (Å²) in [5.41, 5.74) is 0.765. The van der Waals surface area contributed by atoms with Crippen molar-refractivity contribution >= 4 is 23.3 Å². The highest BCUT2D eigenvalue weighted by atomic mass is 35.5. The van der Waals surface area contributed by atoms with Gasteiger partial charge in [-0.3, -0.25) is 0 Å². The lowest BCUT2D eigenvalue weighted by Crippen LogP contribution is -2.40. The van der Waals surface area contributed by atoms with Gasteiger partial charge in [-0.15, -0.1) is 0 Å². The van der Waals surface area contributed by atoms with Crippen LogP contribution in [0.5, 0.6) is 0 Å². The van der Waals surface area contributed by atoms with E-state index in [9.17, 15) is 4.79 Å². The van der Waals surface area contributed by atoms with Gasteiger partial charge in [0.15, 0.2) is 0 Å². The molecule has 2 unspecified atom stereocenters. The minimum atomic E-state index is -0.128. The summed E-state index contributed by atoms with van der Waals surface area (Å²) >= 11 is 5.79. The maximum Gasteiger partial charge on any atom is 0.319 e. The summed E-state index contributed by atoms with van der Waals surface area (Å²) in [6, 6.07) is 7.30. The van der Waals surface area contributed by atoms with Gasteiger partial charge in [0.1, 0.15) is 0 Å². The van der Waals surface area contributed by atoms with Crippen molar-refractivity contribution in [2.24, 2.45) is 5.92 Å². The third-order valence-electron chi connectivity index (χ3n) is 3.37. The average Bonchev–Trinajstić information content (AvgIpc) is 2.32. The van der Waals surface area contributed by atoms with E-state index in [1.165, 1.54) is 12.8 Å². The number of rotatable bonds is 2. The molecule has 2 rings (SSSR count). The predicted molar refractivity (Wildman–Crippen MR) is 75.0 cm³/mol. The predicted octanol–water partition coefficient (Wildman–Crippen LogP) is 4.04. The first-order valence-electron chi connectivity index (χ1n) is 6.46. The van der Waals surface area contributed by atoms with E-state index < -0.39 is 0 Å². The molecule has 0 aliphatic heterocycles. The molecule has 3 nitrogen and oxygen atoms in total. The Morgan fingerprint density at radius 1 is 1.28 bits per heavy atom. The smallest absolute Gasteiger partial charge is 0.319 e. The molecule has 4 heteroatoms. The van der Waals surface area contributed by atoms with E-state index >= 15 is 0 Å². The maximum absolute atomic E-state index is 11.8. The molecule has 0 aromatic heterocycles. The SMILES string of the molecule is CC1CCCC(NC(=O)Nc2ccc(Cl)cc2)C1. The van der Waals surface area contributed by atoms with Crippen molar-refractivity contribution in [1.82, 2.24) is 5.32 Å². The first-order chi connectivity index (χ1) is 8.63. The van der Waals surface area contributed by atoms with Gasteiger partial charge in [0, 0.05) is 16.8 Å². The summed E-state index contributed by atoms with van der Waals surface area (Å²) in [6.07, 6.45) is 4.64. The number of benzene rings is 1. The fourth-order valence-corrected chi connectivity index (χ4v) is 2.58. The summed E-state index contributed by atoms with van der Waals surface area (Å²) in [6.45, 7) is 2.24. The zero-order chi connectivity index (χ0) is 13.0. The molecule has 2 atom stereocenters. The highest BCUT2D eigenvalue weighted by molar-refractivity contribution is 6.30. The van der Waals surface area contributed by atoms with E-state index in [0.717, 1.165) is 18.5 Å². The number of anilines is 1. The van der Waals surface area contributed by atoms with Gasteiger partial charge < -0.3 is 10.6 Å². The van der Waals surface area contributed by atoms with Gasteiger partial charge in [-0.2, -0.15) is 0 Å². The number of nitrogens with one attached hydrogen (secondary N) is 2. The number of halogens is 1. The Balaban J connectivity index is 1.83. The Morgan fingerprint density at radius 3 is 2.67 bits per heavy atom. The Labute approximate surface area is 113 Å². The van der Waals surface area contributed by atoms with Gasteiger partial charge in [0.25, 0.3) is 0 Å². The largest absolute Gasteiger partial charge is 0.335 e. The monoisotopic (exact) mass is 266 g/mol. The molecular formula is C14H19ClN2O. The Morgan fingerprint density at radius 2 is 2.00 bits per heavy atom. The number of carbonyl (C=O) groups excluding carboxylic acids is 1. The molecule has 98 valence electrons. The normalized spacial score (nSPS) is 23.4. The van der Waals surface area contributed by atoms with Gasteiger partial charge in [0.2, 0.25) is 0 Å². The molecule has 2 N–H and O–H groups in total. The van der Waals surface area contributed by atoms with Gasteiger partial charge in [-0.1, -0.05) is 31.4 Å². The van der Waals surface area contributed by atoms with Crippen LogP contribution >= 0.6 is 11.6 Å². The Bertz CT molecular complexity index is 405. The third kappa shape index (κ3) is 3.91. The lowest BCUT2D eigenvalue weighted by Gasteiger charge is -2.27. The molecule has 1 aliphatic rings. The van der Waals surface area contributed by atoms with E-state index in [1.54, 1.807) is 24.3 Å². The minimum absolute atomic E-state index is 0.128. The number of hydrogen-bond acceptors (Lipinski definition) is 1. The Kier molecular flexibility index (Phi) is 4.48. The summed E-state index contributed by atoms with van der Waals surface area (Å²) in [4.78, 5) is 11.8. The first-order valence-corrected chi connectivity index (χ1v) is 6.84. The standard InChI is InChI=1S/C14H19ClN2O/c1-10-3-2-4-13(9-10)17-14(18)16-12-7-5-11(15)6-8-12/h5-8,10,13H,2-4,9H2,1H3,(H2,16,17,18). The zero-order valence-electron chi connectivity index (χ0n) is 10.6. The van der Waals surface area contributed by atoms with Crippen molar-refractivity contribution in [1.29, 1.82) is 0 Å². The molecule has 0 saturated heterocycles. The van der Waals surface area contributed by atoms with Crippen molar-refractivity contribution < 1.29 is 4.79 Å². The van der Waals surface area contributed by atoms with Gasteiger partial charge >= 0.3 is 6.03 Å². The second kappa shape index (κ2) is 6.10. The number of amides is 2. The molecule has 0 heterocycles. The lowest BCUT2D eigenvalue weighted by molar-refractivity contribution is 0.238. The molecule has 1 aliphatic carbocycles. The van der Waals surface area contributed by atoms with E-state index in [0.29, 0.717) is 17.0 Å². The summed E-state index contributed by atoms with van der Waals surface area (Å²) in [5, 5.41) is 6.52. The second-order valence-corrected chi connectivity index (χ2v) is 5.51.